The highest BCUT2D eigenvalue weighted by Gasteiger charge is 2.01. The maximum atomic E-state index is 5.52. The largest absolute Gasteiger partial charge is 0.384 e. The lowest BCUT2D eigenvalue weighted by atomic mass is 10.1. The number of aryl methyl sites for hydroxylation is 1. The summed E-state index contributed by atoms with van der Waals surface area (Å²) in [6.07, 6.45) is 5.26. The highest BCUT2D eigenvalue weighted by atomic mass is 14.9. The van der Waals surface area contributed by atoms with Gasteiger partial charge in [-0.15, -0.1) is 0 Å². The van der Waals surface area contributed by atoms with E-state index in [0.29, 0.717) is 11.9 Å². The smallest absolute Gasteiger partial charge is 0.123 e. The van der Waals surface area contributed by atoms with Crippen LogP contribution >= 0.6 is 0 Å². The summed E-state index contributed by atoms with van der Waals surface area (Å²) in [5.74, 6) is 0.593. The summed E-state index contributed by atoms with van der Waals surface area (Å²) in [6, 6.07) is 4.48. The first-order chi connectivity index (χ1) is 7.22. The minimum Gasteiger partial charge on any atom is -0.384 e. The van der Waals surface area contributed by atoms with Gasteiger partial charge in [0.05, 0.1) is 0 Å². The Labute approximate surface area is 92.1 Å². The quantitative estimate of drug-likeness (QED) is 0.750. The van der Waals surface area contributed by atoms with E-state index in [0.717, 1.165) is 19.4 Å². The molecule has 0 radical (unpaired) electrons. The molecule has 3 N–H and O–H groups in total. The third-order valence-electron chi connectivity index (χ3n) is 2.46. The number of hydrogen-bond donors (Lipinski definition) is 2. The zero-order chi connectivity index (χ0) is 11.1. The molecule has 1 rings (SSSR count). The fourth-order valence-electron chi connectivity index (χ4n) is 1.46. The Morgan fingerprint density at radius 3 is 2.87 bits per heavy atom. The van der Waals surface area contributed by atoms with Crippen LogP contribution in [0.15, 0.2) is 18.3 Å². The van der Waals surface area contributed by atoms with Crippen LogP contribution in [0.2, 0.25) is 0 Å². The predicted octanol–water partition coefficient (Wildman–Crippen LogP) is 1.98. The van der Waals surface area contributed by atoms with E-state index in [2.05, 4.69) is 30.2 Å². The minimum atomic E-state index is 0.572. The highest BCUT2D eigenvalue weighted by molar-refractivity contribution is 5.29. The van der Waals surface area contributed by atoms with Crippen molar-refractivity contribution in [2.24, 2.45) is 0 Å². The molecule has 1 aromatic rings. The van der Waals surface area contributed by atoms with E-state index < -0.39 is 0 Å². The predicted molar refractivity (Wildman–Crippen MR) is 64.7 cm³/mol. The van der Waals surface area contributed by atoms with Crippen LogP contribution in [0.3, 0.4) is 0 Å². The Balaban J connectivity index is 2.27. The van der Waals surface area contributed by atoms with Gasteiger partial charge in [0.25, 0.3) is 0 Å². The molecule has 1 heterocycles. The second kappa shape index (κ2) is 6.40. The zero-order valence-corrected chi connectivity index (χ0v) is 9.66. The summed E-state index contributed by atoms with van der Waals surface area (Å²) in [6.45, 7) is 5.51. The van der Waals surface area contributed by atoms with Gasteiger partial charge in [0.15, 0.2) is 0 Å². The van der Waals surface area contributed by atoms with Gasteiger partial charge in [0.1, 0.15) is 5.82 Å². The lowest BCUT2D eigenvalue weighted by Crippen LogP contribution is -2.27. The van der Waals surface area contributed by atoms with Gasteiger partial charge in [-0.2, -0.15) is 0 Å². The molecule has 0 fully saturated rings. The van der Waals surface area contributed by atoms with E-state index in [9.17, 15) is 0 Å². The highest BCUT2D eigenvalue weighted by Crippen LogP contribution is 2.05. The van der Waals surface area contributed by atoms with Crippen molar-refractivity contribution in [3.05, 3.63) is 23.9 Å². The number of nitrogen functional groups attached to an aromatic ring is 1. The van der Waals surface area contributed by atoms with Crippen LogP contribution in [0.5, 0.6) is 0 Å². The van der Waals surface area contributed by atoms with Crippen molar-refractivity contribution in [1.82, 2.24) is 10.3 Å². The summed E-state index contributed by atoms with van der Waals surface area (Å²) in [4.78, 5) is 4.08. The number of anilines is 1. The second-order valence-corrected chi connectivity index (χ2v) is 3.99. The van der Waals surface area contributed by atoms with Crippen LogP contribution in [-0.2, 0) is 6.42 Å². The summed E-state index contributed by atoms with van der Waals surface area (Å²) in [5.41, 5.74) is 6.78. The maximum Gasteiger partial charge on any atom is 0.123 e. The van der Waals surface area contributed by atoms with Gasteiger partial charge in [-0.1, -0.05) is 13.0 Å². The summed E-state index contributed by atoms with van der Waals surface area (Å²) in [5, 5.41) is 3.47. The third-order valence-corrected chi connectivity index (χ3v) is 2.46. The molecule has 15 heavy (non-hydrogen) atoms. The van der Waals surface area contributed by atoms with Crippen molar-refractivity contribution in [1.29, 1.82) is 0 Å². The third kappa shape index (κ3) is 4.79. The number of nitrogens with one attached hydrogen (secondary N) is 1. The molecular weight excluding hydrogens is 186 g/mol. The monoisotopic (exact) mass is 207 g/mol. The van der Waals surface area contributed by atoms with Crippen LogP contribution in [0.1, 0.15) is 32.3 Å². The first-order valence-corrected chi connectivity index (χ1v) is 5.66. The van der Waals surface area contributed by atoms with Crippen LogP contribution in [0.4, 0.5) is 5.82 Å². The number of hydrogen-bond acceptors (Lipinski definition) is 3. The van der Waals surface area contributed by atoms with E-state index >= 15 is 0 Å². The van der Waals surface area contributed by atoms with Gasteiger partial charge in [-0.3, -0.25) is 0 Å². The molecule has 0 aromatic carbocycles. The Bertz CT molecular complexity index is 269. The molecule has 84 valence electrons. The Hall–Kier alpha value is -1.09. The Morgan fingerprint density at radius 1 is 1.47 bits per heavy atom. The molecule has 0 spiro atoms. The van der Waals surface area contributed by atoms with E-state index in [1.165, 1.54) is 12.0 Å². The fraction of sp³-hybridized carbons (Fsp3) is 0.583. The molecule has 1 unspecified atom stereocenters. The lowest BCUT2D eigenvalue weighted by molar-refractivity contribution is 0.513. The van der Waals surface area contributed by atoms with Gasteiger partial charge in [-0.05, 0) is 44.4 Å². The molecule has 3 heteroatoms. The number of nitrogens with two attached hydrogens (primary N) is 1. The first kappa shape index (κ1) is 12.0. The van der Waals surface area contributed by atoms with Crippen molar-refractivity contribution in [3.63, 3.8) is 0 Å². The normalized spacial score (nSPS) is 12.7. The first-order valence-electron chi connectivity index (χ1n) is 5.66. The molecule has 0 aliphatic rings. The van der Waals surface area contributed by atoms with Crippen LogP contribution < -0.4 is 11.1 Å². The second-order valence-electron chi connectivity index (χ2n) is 3.99. The van der Waals surface area contributed by atoms with Crippen molar-refractivity contribution in [3.8, 4) is 0 Å². The molecule has 0 aliphatic heterocycles. The number of aromatic nitrogens is 1. The average Bonchev–Trinajstić information content (AvgIpc) is 2.25. The van der Waals surface area contributed by atoms with Gasteiger partial charge >= 0.3 is 0 Å². The standard InChI is InChI=1S/C12H21N3/c1-3-8-14-10(2)4-5-11-6-7-12(13)15-9-11/h6-7,9-10,14H,3-5,8H2,1-2H3,(H2,13,15). The minimum absolute atomic E-state index is 0.572. The summed E-state index contributed by atoms with van der Waals surface area (Å²) >= 11 is 0. The molecule has 0 amide bonds. The molecule has 3 nitrogen and oxygen atoms in total. The molecule has 0 aliphatic carbocycles. The summed E-state index contributed by atoms with van der Waals surface area (Å²) < 4.78 is 0. The number of pyridine rings is 1. The van der Waals surface area contributed by atoms with Crippen molar-refractivity contribution < 1.29 is 0 Å². The Morgan fingerprint density at radius 2 is 2.27 bits per heavy atom. The van der Waals surface area contributed by atoms with Gasteiger partial charge in [0.2, 0.25) is 0 Å². The number of nitrogens with zero attached hydrogens (tertiary/aromatic N) is 1. The molecule has 0 saturated carbocycles. The molecule has 1 aromatic heterocycles. The SMILES string of the molecule is CCCNC(C)CCc1ccc(N)nc1. The van der Waals surface area contributed by atoms with E-state index in [4.69, 9.17) is 5.73 Å². The average molecular weight is 207 g/mol. The Kier molecular flexibility index (Phi) is 5.12. The van der Waals surface area contributed by atoms with Gasteiger partial charge in [-0.25, -0.2) is 4.98 Å². The fourth-order valence-corrected chi connectivity index (χ4v) is 1.46. The van der Waals surface area contributed by atoms with Gasteiger partial charge < -0.3 is 11.1 Å². The van der Waals surface area contributed by atoms with Crippen LogP contribution in [0, 0.1) is 0 Å². The summed E-state index contributed by atoms with van der Waals surface area (Å²) in [7, 11) is 0. The topological polar surface area (TPSA) is 50.9 Å². The maximum absolute atomic E-state index is 5.52. The molecular formula is C12H21N3. The van der Waals surface area contributed by atoms with Crippen molar-refractivity contribution >= 4 is 5.82 Å². The van der Waals surface area contributed by atoms with Crippen LogP contribution in [-0.4, -0.2) is 17.6 Å². The van der Waals surface area contributed by atoms with E-state index in [1.807, 2.05) is 12.3 Å². The van der Waals surface area contributed by atoms with Gasteiger partial charge in [0, 0.05) is 12.2 Å². The van der Waals surface area contributed by atoms with Crippen LogP contribution in [0.25, 0.3) is 0 Å². The van der Waals surface area contributed by atoms with E-state index in [-0.39, 0.29) is 0 Å². The molecule has 0 bridgehead atoms. The van der Waals surface area contributed by atoms with Crippen molar-refractivity contribution in [2.45, 2.75) is 39.2 Å². The zero-order valence-electron chi connectivity index (χ0n) is 9.66. The molecule has 1 atom stereocenters. The van der Waals surface area contributed by atoms with E-state index in [1.54, 1.807) is 0 Å². The van der Waals surface area contributed by atoms with Crippen molar-refractivity contribution in [2.75, 3.05) is 12.3 Å². The number of rotatable bonds is 6. The lowest BCUT2D eigenvalue weighted by Gasteiger charge is -2.12. The molecule has 0 saturated heterocycles.